The number of hydrogen-bond acceptors (Lipinski definition) is 8. The zero-order chi connectivity index (χ0) is 16.4. The number of anilines is 2. The standard InChI is InChI=1S/C16H17N7O/c17-14-13(20-12(10-19-14)23-8-6-18-7-9-23)16-22-21-15(24-16)11-4-2-1-3-5-11/h1-5,10,18H,6-9H2,(H2,17,19). The molecule has 1 aliphatic rings. The molecule has 1 fully saturated rings. The number of hydrogen-bond donors (Lipinski definition) is 2. The van der Waals surface area contributed by atoms with Crippen LogP contribution in [0.4, 0.5) is 11.6 Å². The van der Waals surface area contributed by atoms with Crippen LogP contribution in [-0.4, -0.2) is 46.3 Å². The van der Waals surface area contributed by atoms with Gasteiger partial charge in [0, 0.05) is 31.7 Å². The Morgan fingerprint density at radius 3 is 2.58 bits per heavy atom. The van der Waals surface area contributed by atoms with E-state index in [1.165, 1.54) is 0 Å². The molecule has 0 saturated carbocycles. The largest absolute Gasteiger partial charge is 0.414 e. The zero-order valence-corrected chi connectivity index (χ0v) is 13.0. The second-order valence-electron chi connectivity index (χ2n) is 5.48. The molecule has 24 heavy (non-hydrogen) atoms. The Kier molecular flexibility index (Phi) is 3.80. The van der Waals surface area contributed by atoms with E-state index in [0.717, 1.165) is 37.6 Å². The number of nitrogens with one attached hydrogen (secondary N) is 1. The van der Waals surface area contributed by atoms with E-state index >= 15 is 0 Å². The van der Waals surface area contributed by atoms with Crippen LogP contribution in [-0.2, 0) is 0 Å². The van der Waals surface area contributed by atoms with E-state index in [-0.39, 0.29) is 11.7 Å². The molecule has 122 valence electrons. The molecular formula is C16H17N7O. The van der Waals surface area contributed by atoms with Crippen molar-refractivity contribution in [2.24, 2.45) is 0 Å². The summed E-state index contributed by atoms with van der Waals surface area (Å²) >= 11 is 0. The molecule has 0 bridgehead atoms. The van der Waals surface area contributed by atoms with Gasteiger partial charge in [-0.15, -0.1) is 10.2 Å². The van der Waals surface area contributed by atoms with Crippen LogP contribution in [0, 0.1) is 0 Å². The topological polar surface area (TPSA) is 106 Å². The number of nitrogens with two attached hydrogens (primary N) is 1. The fraction of sp³-hybridized carbons (Fsp3) is 0.250. The third kappa shape index (κ3) is 2.79. The molecule has 0 unspecified atom stereocenters. The van der Waals surface area contributed by atoms with E-state index in [9.17, 15) is 0 Å². The van der Waals surface area contributed by atoms with Gasteiger partial charge in [0.2, 0.25) is 5.89 Å². The second kappa shape index (κ2) is 6.25. The number of aromatic nitrogens is 4. The lowest BCUT2D eigenvalue weighted by Gasteiger charge is -2.28. The number of nitrogen functional groups attached to an aromatic ring is 1. The Balaban J connectivity index is 1.67. The molecule has 1 saturated heterocycles. The molecule has 8 heteroatoms. The lowest BCUT2D eigenvalue weighted by molar-refractivity contribution is 0.576. The molecule has 3 heterocycles. The lowest BCUT2D eigenvalue weighted by Crippen LogP contribution is -2.44. The van der Waals surface area contributed by atoms with Gasteiger partial charge in [-0.25, -0.2) is 9.97 Å². The molecule has 2 aromatic heterocycles. The minimum atomic E-state index is 0.274. The number of piperazine rings is 1. The van der Waals surface area contributed by atoms with Gasteiger partial charge in [-0.3, -0.25) is 0 Å². The first-order valence-corrected chi connectivity index (χ1v) is 7.79. The highest BCUT2D eigenvalue weighted by atomic mass is 16.4. The Morgan fingerprint density at radius 1 is 1.04 bits per heavy atom. The molecule has 0 atom stereocenters. The monoisotopic (exact) mass is 323 g/mol. The van der Waals surface area contributed by atoms with Crippen LogP contribution in [0.2, 0.25) is 0 Å². The first-order chi connectivity index (χ1) is 11.8. The fourth-order valence-electron chi connectivity index (χ4n) is 2.61. The number of nitrogens with zero attached hydrogens (tertiary/aromatic N) is 5. The third-order valence-corrected chi connectivity index (χ3v) is 3.88. The van der Waals surface area contributed by atoms with Crippen LogP contribution < -0.4 is 16.0 Å². The minimum Gasteiger partial charge on any atom is -0.414 e. The van der Waals surface area contributed by atoms with Gasteiger partial charge in [-0.1, -0.05) is 18.2 Å². The Labute approximate surface area is 138 Å². The summed E-state index contributed by atoms with van der Waals surface area (Å²) in [5, 5.41) is 11.5. The molecule has 1 aromatic carbocycles. The van der Waals surface area contributed by atoms with Crippen molar-refractivity contribution in [2.45, 2.75) is 0 Å². The van der Waals surface area contributed by atoms with Crippen LogP contribution in [0.3, 0.4) is 0 Å². The van der Waals surface area contributed by atoms with Gasteiger partial charge in [0.1, 0.15) is 5.82 Å². The van der Waals surface area contributed by atoms with Crippen molar-refractivity contribution < 1.29 is 4.42 Å². The summed E-state index contributed by atoms with van der Waals surface area (Å²) in [6.45, 7) is 3.58. The maximum Gasteiger partial charge on any atom is 0.270 e. The van der Waals surface area contributed by atoms with Crippen molar-refractivity contribution in [1.82, 2.24) is 25.5 Å². The third-order valence-electron chi connectivity index (χ3n) is 3.88. The SMILES string of the molecule is Nc1ncc(N2CCNCC2)nc1-c1nnc(-c2ccccc2)o1. The first-order valence-electron chi connectivity index (χ1n) is 7.79. The fourth-order valence-corrected chi connectivity index (χ4v) is 2.61. The summed E-state index contributed by atoms with van der Waals surface area (Å²) in [5.74, 6) is 1.74. The Bertz CT molecular complexity index is 827. The van der Waals surface area contributed by atoms with Gasteiger partial charge in [0.05, 0.1) is 6.20 Å². The average molecular weight is 323 g/mol. The van der Waals surface area contributed by atoms with E-state index < -0.39 is 0 Å². The van der Waals surface area contributed by atoms with Crippen LogP contribution in [0.1, 0.15) is 0 Å². The van der Waals surface area contributed by atoms with E-state index in [4.69, 9.17) is 10.2 Å². The summed E-state index contributed by atoms with van der Waals surface area (Å²) in [5.41, 5.74) is 7.23. The van der Waals surface area contributed by atoms with E-state index in [1.54, 1.807) is 6.20 Å². The van der Waals surface area contributed by atoms with Gasteiger partial charge in [-0.05, 0) is 12.1 Å². The van der Waals surface area contributed by atoms with Gasteiger partial charge in [0.25, 0.3) is 5.89 Å². The zero-order valence-electron chi connectivity index (χ0n) is 13.0. The average Bonchev–Trinajstić information content (AvgIpc) is 3.13. The van der Waals surface area contributed by atoms with Gasteiger partial charge in [-0.2, -0.15) is 0 Å². The minimum absolute atomic E-state index is 0.274. The predicted molar refractivity (Wildman–Crippen MR) is 90.3 cm³/mol. The maximum atomic E-state index is 5.97. The summed E-state index contributed by atoms with van der Waals surface area (Å²) in [7, 11) is 0. The predicted octanol–water partition coefficient (Wildman–Crippen LogP) is 1.19. The van der Waals surface area contributed by atoms with Gasteiger partial charge < -0.3 is 20.4 Å². The van der Waals surface area contributed by atoms with Gasteiger partial charge >= 0.3 is 0 Å². The van der Waals surface area contributed by atoms with Crippen molar-refractivity contribution in [3.63, 3.8) is 0 Å². The van der Waals surface area contributed by atoms with E-state index in [0.29, 0.717) is 11.6 Å². The first kappa shape index (κ1) is 14.6. The highest BCUT2D eigenvalue weighted by Crippen LogP contribution is 2.27. The van der Waals surface area contributed by atoms with Crippen LogP contribution in [0.15, 0.2) is 40.9 Å². The van der Waals surface area contributed by atoms with Crippen molar-refractivity contribution in [2.75, 3.05) is 36.8 Å². The molecule has 0 amide bonds. The summed E-state index contributed by atoms with van der Waals surface area (Å²) < 4.78 is 5.74. The Morgan fingerprint density at radius 2 is 1.79 bits per heavy atom. The van der Waals surface area contributed by atoms with Gasteiger partial charge in [0.15, 0.2) is 11.5 Å². The molecule has 3 aromatic rings. The molecule has 4 rings (SSSR count). The summed E-state index contributed by atoms with van der Waals surface area (Å²) in [4.78, 5) is 11.0. The normalized spacial score (nSPS) is 14.8. The number of rotatable bonds is 3. The molecule has 0 aliphatic carbocycles. The lowest BCUT2D eigenvalue weighted by atomic mass is 10.2. The second-order valence-corrected chi connectivity index (χ2v) is 5.48. The van der Waals surface area contributed by atoms with Crippen molar-refractivity contribution in [3.05, 3.63) is 36.5 Å². The van der Waals surface area contributed by atoms with E-state index in [2.05, 4.69) is 30.4 Å². The molecule has 1 aliphatic heterocycles. The molecule has 3 N–H and O–H groups in total. The molecule has 0 radical (unpaired) electrons. The molecule has 0 spiro atoms. The van der Waals surface area contributed by atoms with Crippen molar-refractivity contribution >= 4 is 11.6 Å². The van der Waals surface area contributed by atoms with Crippen molar-refractivity contribution in [3.8, 4) is 23.0 Å². The van der Waals surface area contributed by atoms with Crippen LogP contribution in [0.5, 0.6) is 0 Å². The quantitative estimate of drug-likeness (QED) is 0.740. The summed E-state index contributed by atoms with van der Waals surface area (Å²) in [6.07, 6.45) is 1.68. The number of benzene rings is 1. The maximum absolute atomic E-state index is 5.97. The smallest absolute Gasteiger partial charge is 0.270 e. The molecular weight excluding hydrogens is 306 g/mol. The highest BCUT2D eigenvalue weighted by Gasteiger charge is 2.19. The van der Waals surface area contributed by atoms with Crippen LogP contribution in [0.25, 0.3) is 23.0 Å². The van der Waals surface area contributed by atoms with Crippen LogP contribution >= 0.6 is 0 Å². The molecule has 8 nitrogen and oxygen atoms in total. The highest BCUT2D eigenvalue weighted by molar-refractivity contribution is 5.65. The van der Waals surface area contributed by atoms with E-state index in [1.807, 2.05) is 30.3 Å². The van der Waals surface area contributed by atoms with Crippen molar-refractivity contribution in [1.29, 1.82) is 0 Å². The summed E-state index contributed by atoms with van der Waals surface area (Å²) in [6, 6.07) is 9.57. The Hall–Kier alpha value is -3.00.